The monoisotopic (exact) mass is 508 g/mol. The van der Waals surface area contributed by atoms with E-state index in [4.69, 9.17) is 4.98 Å². The number of rotatable bonds is 5. The average molecular weight is 509 g/mol. The number of nitrogens with zero attached hydrogens (tertiary/aromatic N) is 6. The maximum Gasteiger partial charge on any atom is 0.330 e. The fourth-order valence-corrected chi connectivity index (χ4v) is 6.73. The van der Waals surface area contributed by atoms with Crippen molar-refractivity contribution in [3.8, 4) is 17.3 Å². The molecule has 2 atom stereocenters. The molecule has 2 fully saturated rings. The van der Waals surface area contributed by atoms with E-state index in [9.17, 15) is 18.5 Å². The molecule has 0 unspecified atom stereocenters. The highest BCUT2D eigenvalue weighted by Gasteiger charge is 2.46. The van der Waals surface area contributed by atoms with Crippen LogP contribution in [0.4, 0.5) is 0 Å². The molecule has 190 valence electrons. The first kappa shape index (κ1) is 24.7. The Hall–Kier alpha value is -3.00. The zero-order chi connectivity index (χ0) is 26.0. The van der Waals surface area contributed by atoms with E-state index in [0.29, 0.717) is 43.1 Å². The third-order valence-corrected chi connectivity index (χ3v) is 8.51. The van der Waals surface area contributed by atoms with E-state index in [2.05, 4.69) is 31.7 Å². The quantitative estimate of drug-likeness (QED) is 0.525. The molecule has 1 aromatic carbocycles. The zero-order valence-corrected chi connectivity index (χ0v) is 22.2. The number of hydrogen-bond acceptors (Lipinski definition) is 6. The van der Waals surface area contributed by atoms with E-state index in [0.717, 1.165) is 23.1 Å². The molecule has 0 amide bonds. The Bertz CT molecular complexity index is 1560. The Morgan fingerprint density at radius 2 is 1.89 bits per heavy atom. The van der Waals surface area contributed by atoms with Crippen LogP contribution in [0.15, 0.2) is 35.1 Å². The Labute approximate surface area is 211 Å². The van der Waals surface area contributed by atoms with E-state index in [-0.39, 0.29) is 23.2 Å². The highest BCUT2D eigenvalue weighted by Crippen LogP contribution is 2.34. The Morgan fingerprint density at radius 1 is 1.14 bits per heavy atom. The van der Waals surface area contributed by atoms with Gasteiger partial charge in [0.2, 0.25) is 10.0 Å². The van der Waals surface area contributed by atoms with Crippen molar-refractivity contribution in [3.63, 3.8) is 0 Å². The van der Waals surface area contributed by atoms with Crippen molar-refractivity contribution in [1.29, 1.82) is 5.26 Å². The van der Waals surface area contributed by atoms with Gasteiger partial charge in [-0.1, -0.05) is 26.8 Å². The molecule has 10 heteroatoms. The van der Waals surface area contributed by atoms with E-state index in [1.807, 2.05) is 30.3 Å². The number of aryl methyl sites for hydroxylation is 1. The van der Waals surface area contributed by atoms with Crippen LogP contribution in [-0.4, -0.2) is 63.2 Å². The number of hydrogen-bond donors (Lipinski definition) is 0. The highest BCUT2D eigenvalue weighted by molar-refractivity contribution is 7.88. The minimum atomic E-state index is -3.18. The lowest BCUT2D eigenvalue weighted by atomic mass is 9.97. The highest BCUT2D eigenvalue weighted by atomic mass is 32.2. The van der Waals surface area contributed by atoms with Gasteiger partial charge in [0.05, 0.1) is 29.1 Å². The standard InChI is InChI=1S/C26H32N6O3S/c1-26(2,3)16-31-23-9-8-22(28-24(23)29(4)25(31)33)21-10-17(6-7-18(21)12-27)13-30-14-20-11-19(30)15-32(20)36(5,34)35/h6-10,19-20H,11,13-16H2,1-5H3/t19-,20-/m1/s1. The second kappa shape index (κ2) is 8.54. The maximum absolute atomic E-state index is 12.9. The van der Waals surface area contributed by atoms with Gasteiger partial charge in [0, 0.05) is 50.9 Å². The second-order valence-corrected chi connectivity index (χ2v) is 13.3. The molecule has 2 aromatic heterocycles. The summed E-state index contributed by atoms with van der Waals surface area (Å²) in [6.45, 7) is 8.78. The summed E-state index contributed by atoms with van der Waals surface area (Å²) in [4.78, 5) is 20.1. The van der Waals surface area contributed by atoms with Gasteiger partial charge in [0.1, 0.15) is 0 Å². The SMILES string of the molecule is Cn1c(=O)n(CC(C)(C)C)c2ccc(-c3cc(CN4C[C@H]5C[C@@H]4CN5S(C)(=O)=O)ccc3C#N)nc21. The number of nitriles is 1. The first-order chi connectivity index (χ1) is 16.9. The topological polar surface area (TPSA) is 104 Å². The molecule has 2 saturated heterocycles. The number of pyridine rings is 1. The molecule has 2 aliphatic heterocycles. The number of aromatic nitrogens is 3. The summed E-state index contributed by atoms with van der Waals surface area (Å²) in [5.74, 6) is 0. The van der Waals surface area contributed by atoms with Crippen molar-refractivity contribution in [2.24, 2.45) is 12.5 Å². The lowest BCUT2D eigenvalue weighted by Gasteiger charge is -2.32. The van der Waals surface area contributed by atoms with Gasteiger partial charge in [0.15, 0.2) is 5.65 Å². The largest absolute Gasteiger partial charge is 0.330 e. The van der Waals surface area contributed by atoms with Gasteiger partial charge in [-0.15, -0.1) is 0 Å². The fraction of sp³-hybridized carbons (Fsp3) is 0.500. The number of sulfonamides is 1. The van der Waals surface area contributed by atoms with Crippen LogP contribution in [0.2, 0.25) is 0 Å². The third-order valence-electron chi connectivity index (χ3n) is 7.21. The van der Waals surface area contributed by atoms with Gasteiger partial charge in [-0.25, -0.2) is 18.2 Å². The van der Waals surface area contributed by atoms with Gasteiger partial charge in [-0.2, -0.15) is 9.57 Å². The number of likely N-dealkylation sites (tertiary alicyclic amines) is 1. The summed E-state index contributed by atoms with van der Waals surface area (Å²) in [6, 6.07) is 12.1. The van der Waals surface area contributed by atoms with Crippen molar-refractivity contribution in [2.75, 3.05) is 19.3 Å². The molecule has 4 heterocycles. The molecule has 0 radical (unpaired) electrons. The Morgan fingerprint density at radius 3 is 2.50 bits per heavy atom. The van der Waals surface area contributed by atoms with E-state index >= 15 is 0 Å². The number of imidazole rings is 1. The number of fused-ring (bicyclic) bond motifs is 3. The normalized spacial score (nSPS) is 20.9. The predicted octanol–water partition coefficient (Wildman–Crippen LogP) is 2.54. The van der Waals surface area contributed by atoms with Gasteiger partial charge >= 0.3 is 5.69 Å². The lowest BCUT2D eigenvalue weighted by molar-refractivity contribution is 0.175. The van der Waals surface area contributed by atoms with Crippen molar-refractivity contribution in [2.45, 2.75) is 52.4 Å². The Balaban J connectivity index is 1.46. The molecule has 0 N–H and O–H groups in total. The summed E-state index contributed by atoms with van der Waals surface area (Å²) in [6.07, 6.45) is 2.13. The first-order valence-corrected chi connectivity index (χ1v) is 14.0. The van der Waals surface area contributed by atoms with Crippen LogP contribution in [0.1, 0.15) is 38.3 Å². The van der Waals surface area contributed by atoms with Gasteiger partial charge in [-0.05, 0) is 41.7 Å². The predicted molar refractivity (Wildman–Crippen MR) is 139 cm³/mol. The number of piperazine rings is 1. The average Bonchev–Trinajstić information content (AvgIpc) is 3.47. The molecule has 3 aromatic rings. The van der Waals surface area contributed by atoms with E-state index in [1.165, 1.54) is 6.26 Å². The maximum atomic E-state index is 12.9. The van der Waals surface area contributed by atoms with Gasteiger partial charge < -0.3 is 0 Å². The van der Waals surface area contributed by atoms with Crippen molar-refractivity contribution >= 4 is 21.2 Å². The van der Waals surface area contributed by atoms with Crippen molar-refractivity contribution in [1.82, 2.24) is 23.3 Å². The molecule has 5 rings (SSSR count). The van der Waals surface area contributed by atoms with E-state index < -0.39 is 10.0 Å². The molecular formula is C26H32N6O3S. The van der Waals surface area contributed by atoms with Crippen LogP contribution in [0.5, 0.6) is 0 Å². The smallest absolute Gasteiger partial charge is 0.293 e. The van der Waals surface area contributed by atoms with Crippen LogP contribution in [0, 0.1) is 16.7 Å². The molecule has 36 heavy (non-hydrogen) atoms. The Kier molecular flexibility index (Phi) is 5.86. The summed E-state index contributed by atoms with van der Waals surface area (Å²) in [5, 5.41) is 9.78. The minimum Gasteiger partial charge on any atom is -0.293 e. The second-order valence-electron chi connectivity index (χ2n) is 11.3. The molecule has 0 aliphatic carbocycles. The van der Waals surface area contributed by atoms with Crippen LogP contribution < -0.4 is 5.69 Å². The molecule has 0 saturated carbocycles. The number of benzene rings is 1. The third kappa shape index (κ3) is 4.36. The first-order valence-electron chi connectivity index (χ1n) is 12.2. The van der Waals surface area contributed by atoms with E-state index in [1.54, 1.807) is 20.5 Å². The van der Waals surface area contributed by atoms with Crippen LogP contribution in [0.3, 0.4) is 0 Å². The molecular weight excluding hydrogens is 476 g/mol. The van der Waals surface area contributed by atoms with Crippen molar-refractivity contribution < 1.29 is 8.42 Å². The summed E-state index contributed by atoms with van der Waals surface area (Å²) in [7, 11) is -1.45. The molecule has 9 nitrogen and oxygen atoms in total. The summed E-state index contributed by atoms with van der Waals surface area (Å²) >= 11 is 0. The van der Waals surface area contributed by atoms with Gasteiger partial charge in [0.25, 0.3) is 0 Å². The zero-order valence-electron chi connectivity index (χ0n) is 21.4. The van der Waals surface area contributed by atoms with Crippen LogP contribution >= 0.6 is 0 Å². The van der Waals surface area contributed by atoms with Crippen molar-refractivity contribution in [3.05, 3.63) is 51.9 Å². The fourth-order valence-electron chi connectivity index (χ4n) is 5.60. The molecule has 2 aliphatic rings. The molecule has 2 bridgehead atoms. The van der Waals surface area contributed by atoms with Gasteiger partial charge in [-0.3, -0.25) is 14.0 Å². The molecule has 0 spiro atoms. The van der Waals surface area contributed by atoms with Crippen LogP contribution in [0.25, 0.3) is 22.4 Å². The summed E-state index contributed by atoms with van der Waals surface area (Å²) < 4.78 is 29.0. The lowest BCUT2D eigenvalue weighted by Crippen LogP contribution is -2.47. The minimum absolute atomic E-state index is 0.0327. The van der Waals surface area contributed by atoms with Crippen LogP contribution in [-0.2, 0) is 30.2 Å². The summed E-state index contributed by atoms with van der Waals surface area (Å²) in [5.41, 5.74) is 4.15.